The number of nitrogens with zero attached hydrogens (tertiary/aromatic N) is 3. The van der Waals surface area contributed by atoms with Gasteiger partial charge in [0, 0.05) is 23.8 Å². The topological polar surface area (TPSA) is 67.2 Å². The van der Waals surface area contributed by atoms with Gasteiger partial charge in [0.1, 0.15) is 12.4 Å². The first-order valence-electron chi connectivity index (χ1n) is 9.79. The smallest absolute Gasteiger partial charge is 0.244 e. The third-order valence-electron chi connectivity index (χ3n) is 5.26. The highest BCUT2D eigenvalue weighted by Crippen LogP contribution is 2.21. The number of hydrogen-bond acceptors (Lipinski definition) is 3. The summed E-state index contributed by atoms with van der Waals surface area (Å²) < 4.78 is 1.83. The minimum Gasteiger partial charge on any atom is -0.342 e. The number of para-hydroxylation sites is 2. The summed E-state index contributed by atoms with van der Waals surface area (Å²) in [5.74, 6) is 0.480. The van der Waals surface area contributed by atoms with E-state index in [0.29, 0.717) is 16.5 Å². The zero-order valence-electron chi connectivity index (χ0n) is 16.3. The Hall–Kier alpha value is -2.86. The van der Waals surface area contributed by atoms with Gasteiger partial charge in [-0.25, -0.2) is 4.98 Å². The minimum atomic E-state index is -0.192. The van der Waals surface area contributed by atoms with Crippen molar-refractivity contribution in [1.82, 2.24) is 14.5 Å². The fourth-order valence-corrected chi connectivity index (χ4v) is 3.85. The number of halogens is 1. The van der Waals surface area contributed by atoms with E-state index in [9.17, 15) is 9.59 Å². The molecule has 1 N–H and O–H groups in total. The Balaban J connectivity index is 1.57. The molecule has 150 valence electrons. The third-order valence-corrected chi connectivity index (χ3v) is 5.67. The number of benzene rings is 2. The second-order valence-electron chi connectivity index (χ2n) is 7.38. The molecule has 1 saturated heterocycles. The first-order chi connectivity index (χ1) is 14.0. The number of amides is 2. The number of hydrogen-bond donors (Lipinski definition) is 1. The van der Waals surface area contributed by atoms with Crippen LogP contribution < -0.4 is 5.32 Å². The van der Waals surface area contributed by atoms with Gasteiger partial charge in [-0.1, -0.05) is 29.8 Å². The van der Waals surface area contributed by atoms with Gasteiger partial charge in [0.2, 0.25) is 11.8 Å². The number of aromatic nitrogens is 2. The van der Waals surface area contributed by atoms with Crippen LogP contribution in [0.4, 0.5) is 5.69 Å². The quantitative estimate of drug-likeness (QED) is 0.695. The molecule has 0 atom stereocenters. The Morgan fingerprint density at radius 1 is 1.14 bits per heavy atom. The minimum absolute atomic E-state index is 0.0600. The van der Waals surface area contributed by atoms with Gasteiger partial charge in [-0.05, 0) is 49.6 Å². The van der Waals surface area contributed by atoms with Crippen molar-refractivity contribution in [2.45, 2.75) is 32.7 Å². The number of anilines is 1. The lowest BCUT2D eigenvalue weighted by atomic mass is 10.2. The van der Waals surface area contributed by atoms with Gasteiger partial charge in [0.05, 0.1) is 17.5 Å². The molecule has 2 amide bonds. The summed E-state index contributed by atoms with van der Waals surface area (Å²) in [6.07, 6.45) is 2.28. The molecule has 1 aliphatic heterocycles. The Labute approximate surface area is 174 Å². The first kappa shape index (κ1) is 19.5. The van der Waals surface area contributed by atoms with Gasteiger partial charge in [-0.15, -0.1) is 0 Å². The number of imidazole rings is 1. The van der Waals surface area contributed by atoms with E-state index in [4.69, 9.17) is 11.6 Å². The van der Waals surface area contributed by atoms with Crippen molar-refractivity contribution in [3.05, 3.63) is 58.9 Å². The zero-order valence-corrected chi connectivity index (χ0v) is 17.1. The highest BCUT2D eigenvalue weighted by molar-refractivity contribution is 6.31. The van der Waals surface area contributed by atoms with Gasteiger partial charge < -0.3 is 14.8 Å². The number of rotatable bonds is 5. The van der Waals surface area contributed by atoms with E-state index in [0.717, 1.165) is 42.5 Å². The highest BCUT2D eigenvalue weighted by Gasteiger charge is 2.22. The molecule has 0 saturated carbocycles. The van der Waals surface area contributed by atoms with Crippen LogP contribution in [0.25, 0.3) is 11.0 Å². The van der Waals surface area contributed by atoms with Crippen LogP contribution in [-0.4, -0.2) is 39.4 Å². The van der Waals surface area contributed by atoms with E-state index >= 15 is 0 Å². The van der Waals surface area contributed by atoms with Crippen molar-refractivity contribution in [2.24, 2.45) is 0 Å². The van der Waals surface area contributed by atoms with Crippen molar-refractivity contribution in [1.29, 1.82) is 0 Å². The maximum absolute atomic E-state index is 12.7. The predicted molar refractivity (Wildman–Crippen MR) is 114 cm³/mol. The molecule has 0 aliphatic carbocycles. The van der Waals surface area contributed by atoms with Crippen molar-refractivity contribution >= 4 is 40.1 Å². The van der Waals surface area contributed by atoms with Gasteiger partial charge in [0.15, 0.2) is 0 Å². The molecule has 6 nitrogen and oxygen atoms in total. The summed E-state index contributed by atoms with van der Waals surface area (Å²) in [6, 6.07) is 13.0. The molecule has 0 bridgehead atoms. The standard InChI is InChI=1S/C22H23ClN4O2/c1-15-8-9-16(12-17(15)23)24-21(28)14-27-19-7-3-2-6-18(19)25-20(27)13-22(29)26-10-4-5-11-26/h2-3,6-9,12H,4-5,10-11,13-14H2,1H3,(H,24,28). The number of fused-ring (bicyclic) bond motifs is 1. The summed E-state index contributed by atoms with van der Waals surface area (Å²) in [4.78, 5) is 31.9. The van der Waals surface area contributed by atoms with Gasteiger partial charge in [-0.2, -0.15) is 0 Å². The zero-order chi connectivity index (χ0) is 20.4. The van der Waals surface area contributed by atoms with Gasteiger partial charge in [0.25, 0.3) is 0 Å². The van der Waals surface area contributed by atoms with Crippen LogP contribution in [0.15, 0.2) is 42.5 Å². The number of carbonyl (C=O) groups excluding carboxylic acids is 2. The highest BCUT2D eigenvalue weighted by atomic mass is 35.5. The second-order valence-corrected chi connectivity index (χ2v) is 7.79. The molecule has 29 heavy (non-hydrogen) atoms. The summed E-state index contributed by atoms with van der Waals surface area (Å²) in [5, 5.41) is 3.49. The average Bonchev–Trinajstić information content (AvgIpc) is 3.34. The maximum atomic E-state index is 12.7. The molecular weight excluding hydrogens is 388 g/mol. The Kier molecular flexibility index (Phi) is 5.53. The van der Waals surface area contributed by atoms with Crippen LogP contribution in [0.5, 0.6) is 0 Å². The summed E-state index contributed by atoms with van der Waals surface area (Å²) in [6.45, 7) is 3.59. The number of likely N-dealkylation sites (tertiary alicyclic amines) is 1. The van der Waals surface area contributed by atoms with Gasteiger partial charge in [-0.3, -0.25) is 9.59 Å². The molecule has 7 heteroatoms. The predicted octanol–water partition coefficient (Wildman–Crippen LogP) is 3.80. The molecule has 4 rings (SSSR count). The Morgan fingerprint density at radius 2 is 1.90 bits per heavy atom. The van der Waals surface area contributed by atoms with Crippen molar-refractivity contribution < 1.29 is 9.59 Å². The largest absolute Gasteiger partial charge is 0.342 e. The van der Waals surface area contributed by atoms with Crippen molar-refractivity contribution in [3.8, 4) is 0 Å². The van der Waals surface area contributed by atoms with Crippen molar-refractivity contribution in [2.75, 3.05) is 18.4 Å². The van der Waals surface area contributed by atoms with E-state index in [1.165, 1.54) is 0 Å². The SMILES string of the molecule is Cc1ccc(NC(=O)Cn2c(CC(=O)N3CCCC3)nc3ccccc32)cc1Cl. The average molecular weight is 411 g/mol. The van der Waals surface area contributed by atoms with Crippen LogP contribution in [0, 0.1) is 6.92 Å². The van der Waals surface area contributed by atoms with Crippen LogP contribution >= 0.6 is 11.6 Å². The maximum Gasteiger partial charge on any atom is 0.244 e. The summed E-state index contributed by atoms with van der Waals surface area (Å²) in [5.41, 5.74) is 3.22. The normalized spacial score (nSPS) is 13.8. The molecule has 0 spiro atoms. The van der Waals surface area contributed by atoms with Crippen LogP contribution in [0.2, 0.25) is 5.02 Å². The van der Waals surface area contributed by atoms with E-state index in [1.54, 1.807) is 6.07 Å². The fourth-order valence-electron chi connectivity index (χ4n) is 3.67. The molecule has 2 heterocycles. The molecule has 0 radical (unpaired) electrons. The molecule has 2 aromatic carbocycles. The molecule has 3 aromatic rings. The Morgan fingerprint density at radius 3 is 2.66 bits per heavy atom. The molecule has 1 aromatic heterocycles. The van der Waals surface area contributed by atoms with Gasteiger partial charge >= 0.3 is 0 Å². The van der Waals surface area contributed by atoms with Crippen LogP contribution in [-0.2, 0) is 22.6 Å². The second kappa shape index (κ2) is 8.25. The lowest BCUT2D eigenvalue weighted by Crippen LogP contribution is -2.30. The van der Waals surface area contributed by atoms with E-state index in [-0.39, 0.29) is 24.8 Å². The van der Waals surface area contributed by atoms with Crippen LogP contribution in [0.1, 0.15) is 24.2 Å². The first-order valence-corrected chi connectivity index (χ1v) is 10.2. The third kappa shape index (κ3) is 4.27. The summed E-state index contributed by atoms with van der Waals surface area (Å²) in [7, 11) is 0. The van der Waals surface area contributed by atoms with Crippen LogP contribution in [0.3, 0.4) is 0 Å². The van der Waals surface area contributed by atoms with E-state index in [1.807, 2.05) is 52.8 Å². The van der Waals surface area contributed by atoms with Crippen molar-refractivity contribution in [3.63, 3.8) is 0 Å². The number of carbonyl (C=O) groups is 2. The lowest BCUT2D eigenvalue weighted by molar-refractivity contribution is -0.129. The molecule has 0 unspecified atom stereocenters. The van der Waals surface area contributed by atoms with E-state index < -0.39 is 0 Å². The molecule has 1 fully saturated rings. The lowest BCUT2D eigenvalue weighted by Gasteiger charge is -2.16. The fraction of sp³-hybridized carbons (Fsp3) is 0.318. The molecule has 1 aliphatic rings. The van der Waals surface area contributed by atoms with E-state index in [2.05, 4.69) is 10.3 Å². The monoisotopic (exact) mass is 410 g/mol. The number of aryl methyl sites for hydroxylation is 1. The molecular formula is C22H23ClN4O2. The Bertz CT molecular complexity index is 1070. The summed E-state index contributed by atoms with van der Waals surface area (Å²) >= 11 is 6.15. The number of nitrogens with one attached hydrogen (secondary N) is 1.